The molecule has 1 saturated carbocycles. The minimum atomic E-state index is -0.327. The van der Waals surface area contributed by atoms with E-state index in [9.17, 15) is 4.79 Å². The van der Waals surface area contributed by atoms with Crippen molar-refractivity contribution in [1.29, 1.82) is 0 Å². The first-order chi connectivity index (χ1) is 14.8. The van der Waals surface area contributed by atoms with Gasteiger partial charge in [0, 0.05) is 22.5 Å². The average molecular weight is 460 g/mol. The summed E-state index contributed by atoms with van der Waals surface area (Å²) in [6.07, 6.45) is 3.98. The highest BCUT2D eigenvalue weighted by molar-refractivity contribution is 6.32. The molecule has 0 radical (unpaired) electrons. The molecule has 31 heavy (non-hydrogen) atoms. The molecule has 0 saturated heterocycles. The number of hydrogen-bond donors (Lipinski definition) is 2. The van der Waals surface area contributed by atoms with Gasteiger partial charge >= 0.3 is 5.97 Å². The third-order valence-corrected chi connectivity index (χ3v) is 6.27. The van der Waals surface area contributed by atoms with Gasteiger partial charge in [-0.2, -0.15) is 0 Å². The third-order valence-electron chi connectivity index (χ3n) is 5.69. The molecular weight excluding hydrogens is 433 g/mol. The number of esters is 1. The van der Waals surface area contributed by atoms with Gasteiger partial charge in [0.2, 0.25) is 0 Å². The van der Waals surface area contributed by atoms with Crippen LogP contribution in [0.3, 0.4) is 0 Å². The van der Waals surface area contributed by atoms with Gasteiger partial charge in [0.05, 0.1) is 23.4 Å². The molecule has 164 valence electrons. The number of allylic oxidation sites excluding steroid dienone is 1. The van der Waals surface area contributed by atoms with Crippen LogP contribution in [0.25, 0.3) is 5.70 Å². The number of rotatable bonds is 8. The predicted molar refractivity (Wildman–Crippen MR) is 127 cm³/mol. The van der Waals surface area contributed by atoms with Crippen LogP contribution in [0, 0.1) is 0 Å². The number of benzene rings is 2. The molecule has 1 fully saturated rings. The van der Waals surface area contributed by atoms with Crippen LogP contribution < -0.4 is 11.5 Å². The summed E-state index contributed by atoms with van der Waals surface area (Å²) in [5.41, 5.74) is 15.7. The minimum absolute atomic E-state index is 0.284. The topological polar surface area (TPSA) is 90.7 Å². The van der Waals surface area contributed by atoms with Crippen molar-refractivity contribution in [2.75, 3.05) is 6.61 Å². The van der Waals surface area contributed by atoms with Crippen molar-refractivity contribution in [1.82, 2.24) is 0 Å². The Kier molecular flexibility index (Phi) is 7.63. The van der Waals surface area contributed by atoms with Gasteiger partial charge in [-0.1, -0.05) is 60.0 Å². The number of nitrogens with two attached hydrogens (primary N) is 2. The molecule has 0 spiro atoms. The Morgan fingerprint density at radius 3 is 2.35 bits per heavy atom. The molecular formula is C24H27Cl2N3O2. The van der Waals surface area contributed by atoms with Gasteiger partial charge in [-0.05, 0) is 49.4 Å². The Bertz CT molecular complexity index is 996. The molecule has 1 aliphatic carbocycles. The second kappa shape index (κ2) is 10.2. The fraction of sp³-hybridized carbons (Fsp3) is 0.333. The standard InChI is InChI=1S/C24H27Cl2N3O2/c1-16(30)31-15-4-8-21(22(27)19-6-2-3-7-20(19)26)29-23(28)24(13-5-14-24)17-9-11-18(25)12-10-17/h2-3,6-7,9-12H,4-5,8,13-15,27H2,1H3,(H2,28,29)/b22-21-. The van der Waals surface area contributed by atoms with Gasteiger partial charge in [-0.15, -0.1) is 0 Å². The summed E-state index contributed by atoms with van der Waals surface area (Å²) in [6.45, 7) is 1.67. The lowest BCUT2D eigenvalue weighted by Crippen LogP contribution is -2.47. The predicted octanol–water partition coefficient (Wildman–Crippen LogP) is 5.44. The molecule has 0 heterocycles. The van der Waals surface area contributed by atoms with Crippen LogP contribution in [0.2, 0.25) is 10.0 Å². The van der Waals surface area contributed by atoms with Crippen molar-refractivity contribution in [3.05, 3.63) is 75.4 Å². The van der Waals surface area contributed by atoms with Crippen LogP contribution in [-0.4, -0.2) is 18.4 Å². The molecule has 7 heteroatoms. The molecule has 0 unspecified atom stereocenters. The van der Waals surface area contributed by atoms with E-state index in [-0.39, 0.29) is 18.0 Å². The van der Waals surface area contributed by atoms with E-state index < -0.39 is 0 Å². The zero-order valence-corrected chi connectivity index (χ0v) is 19.0. The van der Waals surface area contributed by atoms with Crippen LogP contribution in [0.1, 0.15) is 50.2 Å². The molecule has 0 aliphatic heterocycles. The van der Waals surface area contributed by atoms with E-state index >= 15 is 0 Å². The zero-order valence-electron chi connectivity index (χ0n) is 17.5. The third kappa shape index (κ3) is 5.41. The zero-order chi connectivity index (χ0) is 22.4. The van der Waals surface area contributed by atoms with E-state index in [0.29, 0.717) is 45.7 Å². The number of aliphatic imine (C=N–C) groups is 1. The molecule has 0 aromatic heterocycles. The Hall–Kier alpha value is -2.50. The Morgan fingerprint density at radius 1 is 1.10 bits per heavy atom. The smallest absolute Gasteiger partial charge is 0.302 e. The first-order valence-corrected chi connectivity index (χ1v) is 11.1. The maximum absolute atomic E-state index is 11.1. The largest absolute Gasteiger partial charge is 0.466 e. The Labute approximate surface area is 193 Å². The molecule has 5 nitrogen and oxygen atoms in total. The molecule has 3 rings (SSSR count). The van der Waals surface area contributed by atoms with Gasteiger partial charge in [0.15, 0.2) is 0 Å². The van der Waals surface area contributed by atoms with E-state index in [1.54, 1.807) is 6.07 Å². The van der Waals surface area contributed by atoms with Crippen LogP contribution in [-0.2, 0) is 14.9 Å². The van der Waals surface area contributed by atoms with Crippen molar-refractivity contribution in [3.63, 3.8) is 0 Å². The van der Waals surface area contributed by atoms with Gasteiger partial charge in [-0.3, -0.25) is 4.79 Å². The van der Waals surface area contributed by atoms with E-state index in [4.69, 9.17) is 44.4 Å². The van der Waals surface area contributed by atoms with Crippen LogP contribution in [0.15, 0.2) is 59.2 Å². The van der Waals surface area contributed by atoms with Crippen molar-refractivity contribution < 1.29 is 9.53 Å². The van der Waals surface area contributed by atoms with Gasteiger partial charge in [-0.25, -0.2) is 4.99 Å². The normalized spacial score (nSPS) is 16.3. The molecule has 1 aliphatic rings. The van der Waals surface area contributed by atoms with Crippen molar-refractivity contribution in [3.8, 4) is 0 Å². The molecule has 2 aromatic carbocycles. The van der Waals surface area contributed by atoms with Crippen molar-refractivity contribution in [2.45, 2.75) is 44.4 Å². The summed E-state index contributed by atoms with van der Waals surface area (Å²) in [5, 5.41) is 1.23. The van der Waals surface area contributed by atoms with E-state index in [0.717, 1.165) is 24.8 Å². The van der Waals surface area contributed by atoms with Crippen LogP contribution in [0.5, 0.6) is 0 Å². The summed E-state index contributed by atoms with van der Waals surface area (Å²) < 4.78 is 5.07. The SMILES string of the molecule is CC(=O)OCCC/C(N=C(N)C1(c2ccc(Cl)cc2)CCC1)=C(/N)c1ccccc1Cl. The molecule has 2 aromatic rings. The second-order valence-electron chi connectivity index (χ2n) is 7.72. The van der Waals surface area contributed by atoms with E-state index in [1.807, 2.05) is 42.5 Å². The lowest BCUT2D eigenvalue weighted by Gasteiger charge is -2.42. The van der Waals surface area contributed by atoms with Gasteiger partial charge in [0.1, 0.15) is 5.84 Å². The minimum Gasteiger partial charge on any atom is -0.466 e. The van der Waals surface area contributed by atoms with E-state index in [2.05, 4.69) is 0 Å². The quantitative estimate of drug-likeness (QED) is 0.237. The Balaban J connectivity index is 1.97. The van der Waals surface area contributed by atoms with Gasteiger partial charge in [0.25, 0.3) is 0 Å². The fourth-order valence-electron chi connectivity index (χ4n) is 3.79. The number of hydrogen-bond acceptors (Lipinski definition) is 4. The summed E-state index contributed by atoms with van der Waals surface area (Å²) >= 11 is 12.4. The summed E-state index contributed by atoms with van der Waals surface area (Å²) in [6, 6.07) is 15.1. The summed E-state index contributed by atoms with van der Waals surface area (Å²) in [4.78, 5) is 15.9. The highest BCUT2D eigenvalue weighted by atomic mass is 35.5. The first-order valence-electron chi connectivity index (χ1n) is 10.3. The average Bonchev–Trinajstić information content (AvgIpc) is 2.70. The number of halogens is 2. The van der Waals surface area contributed by atoms with E-state index in [1.165, 1.54) is 6.92 Å². The Morgan fingerprint density at radius 2 is 1.77 bits per heavy atom. The lowest BCUT2D eigenvalue weighted by molar-refractivity contribution is -0.141. The van der Waals surface area contributed by atoms with Crippen LogP contribution in [0.4, 0.5) is 0 Å². The van der Waals surface area contributed by atoms with Gasteiger partial charge < -0.3 is 16.2 Å². The first kappa shape index (κ1) is 23.2. The molecule has 4 N–H and O–H groups in total. The number of carbonyl (C=O) groups is 1. The maximum Gasteiger partial charge on any atom is 0.302 e. The van der Waals surface area contributed by atoms with Crippen molar-refractivity contribution >= 4 is 40.7 Å². The van der Waals surface area contributed by atoms with Crippen molar-refractivity contribution in [2.24, 2.45) is 16.5 Å². The summed E-state index contributed by atoms with van der Waals surface area (Å²) in [5.74, 6) is 0.211. The summed E-state index contributed by atoms with van der Waals surface area (Å²) in [7, 11) is 0. The molecule has 0 atom stereocenters. The fourth-order valence-corrected chi connectivity index (χ4v) is 4.15. The molecule has 0 bridgehead atoms. The number of ether oxygens (including phenoxy) is 1. The maximum atomic E-state index is 11.1. The highest BCUT2D eigenvalue weighted by Crippen LogP contribution is 2.44. The number of carbonyl (C=O) groups excluding carboxylic acids is 1. The number of nitrogens with zero attached hydrogens (tertiary/aromatic N) is 1. The lowest BCUT2D eigenvalue weighted by atomic mass is 9.63. The molecule has 0 amide bonds. The highest BCUT2D eigenvalue weighted by Gasteiger charge is 2.42. The second-order valence-corrected chi connectivity index (χ2v) is 8.57. The number of amidine groups is 1. The monoisotopic (exact) mass is 459 g/mol. The van der Waals surface area contributed by atoms with Crippen LogP contribution >= 0.6 is 23.2 Å².